The lowest BCUT2D eigenvalue weighted by Gasteiger charge is -2.40. The molecule has 2 fully saturated rings. The van der Waals surface area contributed by atoms with E-state index in [9.17, 15) is 18.0 Å². The van der Waals surface area contributed by atoms with E-state index in [2.05, 4.69) is 30.6 Å². The number of methoxy groups -OCH3 is 1. The van der Waals surface area contributed by atoms with Crippen molar-refractivity contribution in [3.05, 3.63) is 60.3 Å². The van der Waals surface area contributed by atoms with Gasteiger partial charge in [0.1, 0.15) is 0 Å². The van der Waals surface area contributed by atoms with E-state index < -0.39 is 17.8 Å². The molecule has 0 bridgehead atoms. The Kier molecular flexibility index (Phi) is 8.49. The molecule has 0 radical (unpaired) electrons. The lowest BCUT2D eigenvalue weighted by atomic mass is 9.89. The summed E-state index contributed by atoms with van der Waals surface area (Å²) in [7, 11) is 1.31. The number of benzene rings is 2. The summed E-state index contributed by atoms with van der Waals surface area (Å²) in [5, 5.41) is 9.95. The second-order valence-corrected chi connectivity index (χ2v) is 10.4. The van der Waals surface area contributed by atoms with Crippen LogP contribution in [-0.2, 0) is 10.9 Å². The number of halogens is 3. The first kappa shape index (κ1) is 27.8. The number of carbonyl (C=O) groups is 1. The lowest BCUT2D eigenvalue weighted by molar-refractivity contribution is -0.137. The van der Waals surface area contributed by atoms with E-state index in [1.807, 2.05) is 12.1 Å². The summed E-state index contributed by atoms with van der Waals surface area (Å²) >= 11 is 0. The zero-order valence-electron chi connectivity index (χ0n) is 22.3. The van der Waals surface area contributed by atoms with Crippen molar-refractivity contribution in [3.8, 4) is 11.3 Å². The minimum Gasteiger partial charge on any atom is -0.453 e. The summed E-state index contributed by atoms with van der Waals surface area (Å²) in [5.41, 5.74) is 1.55. The fourth-order valence-electron chi connectivity index (χ4n) is 5.57. The summed E-state index contributed by atoms with van der Waals surface area (Å²) in [4.78, 5) is 18.1. The van der Waals surface area contributed by atoms with Gasteiger partial charge in [0.25, 0.3) is 6.01 Å². The number of nitrogens with zero attached hydrogens (tertiary/aromatic N) is 2. The highest BCUT2D eigenvalue weighted by molar-refractivity contribution is 5.85. The molecule has 1 saturated heterocycles. The monoisotopic (exact) mass is 557 g/mol. The van der Waals surface area contributed by atoms with Gasteiger partial charge in [-0.25, -0.2) is 9.78 Å². The van der Waals surface area contributed by atoms with Gasteiger partial charge in [-0.05, 0) is 62.1 Å². The Bertz CT molecular complexity index is 1280. The Balaban J connectivity index is 1.20. The Labute approximate surface area is 231 Å². The van der Waals surface area contributed by atoms with Crippen LogP contribution in [0.2, 0.25) is 0 Å². The van der Waals surface area contributed by atoms with Crippen LogP contribution in [0.4, 0.5) is 35.4 Å². The van der Waals surface area contributed by atoms with E-state index in [-0.39, 0.29) is 18.1 Å². The number of rotatable bonds is 7. The molecule has 1 aliphatic heterocycles. The van der Waals surface area contributed by atoms with E-state index in [0.29, 0.717) is 17.5 Å². The second kappa shape index (κ2) is 12.2. The molecule has 8 nitrogen and oxygen atoms in total. The van der Waals surface area contributed by atoms with Crippen molar-refractivity contribution in [2.75, 3.05) is 35.7 Å². The zero-order valence-corrected chi connectivity index (χ0v) is 22.3. The Morgan fingerprint density at radius 1 is 1.05 bits per heavy atom. The van der Waals surface area contributed by atoms with Gasteiger partial charge in [0, 0.05) is 48.2 Å². The summed E-state index contributed by atoms with van der Waals surface area (Å²) in [6.45, 7) is 1.57. The van der Waals surface area contributed by atoms with Crippen LogP contribution in [0.3, 0.4) is 0 Å². The molecule has 1 amide bonds. The third-order valence-corrected chi connectivity index (χ3v) is 7.59. The van der Waals surface area contributed by atoms with Crippen molar-refractivity contribution >= 4 is 23.5 Å². The number of nitrogens with one attached hydrogen (secondary N) is 3. The van der Waals surface area contributed by atoms with E-state index in [1.165, 1.54) is 7.11 Å². The molecule has 3 atom stereocenters. The summed E-state index contributed by atoms with van der Waals surface area (Å²) in [6, 6.07) is 13.7. The normalized spacial score (nSPS) is 21.6. The van der Waals surface area contributed by atoms with Crippen molar-refractivity contribution in [1.82, 2.24) is 10.3 Å². The van der Waals surface area contributed by atoms with Crippen LogP contribution >= 0.6 is 0 Å². The molecule has 2 aliphatic rings. The minimum atomic E-state index is -4.33. The number of hydrogen-bond acceptors (Lipinski definition) is 7. The third kappa shape index (κ3) is 6.88. The van der Waals surface area contributed by atoms with Crippen molar-refractivity contribution in [1.29, 1.82) is 0 Å². The van der Waals surface area contributed by atoms with Crippen LogP contribution in [0.15, 0.2) is 59.1 Å². The molecule has 3 aromatic rings. The zero-order chi connectivity index (χ0) is 28.1. The van der Waals surface area contributed by atoms with E-state index >= 15 is 0 Å². The second-order valence-electron chi connectivity index (χ2n) is 10.4. The molecule has 214 valence electrons. The molecule has 40 heavy (non-hydrogen) atoms. The maximum Gasteiger partial charge on any atom is 0.416 e. The van der Waals surface area contributed by atoms with Gasteiger partial charge in [-0.2, -0.15) is 13.2 Å². The first-order valence-corrected chi connectivity index (χ1v) is 13.6. The number of ether oxygens (including phenoxy) is 1. The first-order valence-electron chi connectivity index (χ1n) is 13.6. The van der Waals surface area contributed by atoms with Crippen LogP contribution in [0.5, 0.6) is 0 Å². The number of aromatic nitrogens is 1. The Morgan fingerprint density at radius 2 is 1.82 bits per heavy atom. The molecule has 0 unspecified atom stereocenters. The van der Waals surface area contributed by atoms with Crippen LogP contribution < -0.4 is 20.9 Å². The predicted octanol–water partition coefficient (Wildman–Crippen LogP) is 6.52. The average Bonchev–Trinajstić information content (AvgIpc) is 3.42. The van der Waals surface area contributed by atoms with Crippen LogP contribution in [0, 0.1) is 0 Å². The van der Waals surface area contributed by atoms with Gasteiger partial charge in [-0.1, -0.05) is 25.0 Å². The molecule has 3 N–H and O–H groups in total. The maximum absolute atomic E-state index is 13.0. The van der Waals surface area contributed by atoms with Crippen molar-refractivity contribution in [2.45, 2.75) is 62.8 Å². The molecular formula is C29H34F3N5O3. The van der Waals surface area contributed by atoms with Crippen LogP contribution in [-0.4, -0.2) is 49.4 Å². The molecule has 1 aromatic heterocycles. The van der Waals surface area contributed by atoms with Crippen molar-refractivity contribution in [3.63, 3.8) is 0 Å². The third-order valence-electron chi connectivity index (χ3n) is 7.59. The first-order chi connectivity index (χ1) is 19.3. The molecule has 1 saturated carbocycles. The highest BCUT2D eigenvalue weighted by Crippen LogP contribution is 2.32. The average molecular weight is 558 g/mol. The summed E-state index contributed by atoms with van der Waals surface area (Å²) in [6.07, 6.45) is 2.99. The van der Waals surface area contributed by atoms with E-state index in [1.54, 1.807) is 30.5 Å². The fraction of sp³-hybridized carbons (Fsp3) is 0.448. The fourth-order valence-corrected chi connectivity index (χ4v) is 5.57. The molecule has 0 spiro atoms. The molecule has 2 aromatic carbocycles. The maximum atomic E-state index is 13.0. The van der Waals surface area contributed by atoms with Gasteiger partial charge < -0.3 is 24.7 Å². The van der Waals surface area contributed by atoms with E-state index in [4.69, 9.17) is 4.42 Å². The highest BCUT2D eigenvalue weighted by atomic mass is 19.4. The quantitative estimate of drug-likeness (QED) is 0.305. The van der Waals surface area contributed by atoms with Gasteiger partial charge in [0.05, 0.1) is 18.9 Å². The van der Waals surface area contributed by atoms with Gasteiger partial charge in [0.15, 0.2) is 5.76 Å². The van der Waals surface area contributed by atoms with Crippen molar-refractivity contribution < 1.29 is 27.1 Å². The van der Waals surface area contributed by atoms with Crippen molar-refractivity contribution in [2.24, 2.45) is 0 Å². The number of alkyl halides is 3. The van der Waals surface area contributed by atoms with E-state index in [0.717, 1.165) is 75.0 Å². The van der Waals surface area contributed by atoms with Crippen LogP contribution in [0.25, 0.3) is 11.3 Å². The SMILES string of the molecule is COC(=O)Nc1cccc(-c2cnc(N[C@@H]3CCCC[C@H]3N[C@H]3CCCN(c4ccc(C(F)(F)F)cc4)C3)o2)c1. The summed E-state index contributed by atoms with van der Waals surface area (Å²) in [5.74, 6) is 0.579. The highest BCUT2D eigenvalue weighted by Gasteiger charge is 2.32. The topological polar surface area (TPSA) is 91.7 Å². The number of amides is 1. The number of anilines is 3. The van der Waals surface area contributed by atoms with Crippen LogP contribution in [0.1, 0.15) is 44.1 Å². The molecule has 5 rings (SSSR count). The van der Waals surface area contributed by atoms with Gasteiger partial charge in [0.2, 0.25) is 0 Å². The van der Waals surface area contributed by atoms with Gasteiger partial charge in [-0.15, -0.1) is 0 Å². The van der Waals surface area contributed by atoms with Gasteiger partial charge in [-0.3, -0.25) is 5.32 Å². The Morgan fingerprint density at radius 3 is 2.58 bits per heavy atom. The number of piperidine rings is 1. The predicted molar refractivity (Wildman–Crippen MR) is 147 cm³/mol. The Hall–Kier alpha value is -3.73. The summed E-state index contributed by atoms with van der Waals surface area (Å²) < 4.78 is 49.6. The smallest absolute Gasteiger partial charge is 0.416 e. The molecule has 2 heterocycles. The number of oxazole rings is 1. The number of carbonyl (C=O) groups excluding carboxylic acids is 1. The lowest BCUT2D eigenvalue weighted by Crippen LogP contribution is -2.54. The molecule has 1 aliphatic carbocycles. The largest absolute Gasteiger partial charge is 0.453 e. The molecular weight excluding hydrogens is 523 g/mol. The molecule has 11 heteroatoms. The standard InChI is InChI=1S/C29H34F3N5O3/c1-39-28(38)35-21-7-4-6-19(16-21)26-17-33-27(40-26)36-25-10-3-2-9-24(25)34-22-8-5-15-37(18-22)23-13-11-20(12-14-23)29(30,31)32/h4,6-7,11-14,16-17,22,24-25,34H,2-3,5,8-10,15,18H2,1H3,(H,33,36)(H,35,38)/t22-,24+,25+/m0/s1. The van der Waals surface area contributed by atoms with Gasteiger partial charge >= 0.3 is 12.3 Å². The number of hydrogen-bond donors (Lipinski definition) is 3. The minimum absolute atomic E-state index is 0.133.